The van der Waals surface area contributed by atoms with Crippen LogP contribution >= 0.6 is 0 Å². The Kier molecular flexibility index (Phi) is 13.2. The van der Waals surface area contributed by atoms with E-state index in [2.05, 4.69) is 94.9 Å². The topological polar surface area (TPSA) is 64.6 Å². The number of benzene rings is 4. The molecule has 0 unspecified atom stereocenters. The fraction of sp³-hybridized carbons (Fsp3) is 0.395. The van der Waals surface area contributed by atoms with Crippen LogP contribution in [0, 0.1) is 0 Å². The number of hydrogen-bond acceptors (Lipinski definition) is 7. The van der Waals surface area contributed by atoms with Gasteiger partial charge in [0, 0.05) is 13.2 Å². The molecule has 1 heterocycles. The highest BCUT2D eigenvalue weighted by Gasteiger charge is 2.51. The zero-order valence-electron chi connectivity index (χ0n) is 31.2. The van der Waals surface area contributed by atoms with E-state index in [1.165, 1.54) is 10.4 Å². The summed E-state index contributed by atoms with van der Waals surface area (Å²) in [5.41, 5.74) is 1.92. The molecule has 5 rings (SSSR count). The first-order chi connectivity index (χ1) is 24.6. The van der Waals surface area contributed by atoms with E-state index in [-0.39, 0.29) is 24.0 Å². The molecule has 272 valence electrons. The molecule has 0 spiro atoms. The van der Waals surface area contributed by atoms with Crippen molar-refractivity contribution in [3.05, 3.63) is 133 Å². The van der Waals surface area contributed by atoms with Gasteiger partial charge in [0.1, 0.15) is 36.3 Å². The van der Waals surface area contributed by atoms with Gasteiger partial charge in [0.25, 0.3) is 8.32 Å². The van der Waals surface area contributed by atoms with Crippen LogP contribution < -0.4 is 19.8 Å². The Labute approximate surface area is 305 Å². The number of ether oxygens (including phenoxy) is 6. The van der Waals surface area contributed by atoms with Crippen molar-refractivity contribution in [2.24, 2.45) is 0 Å². The molecule has 4 aromatic rings. The summed E-state index contributed by atoms with van der Waals surface area (Å²) in [4.78, 5) is 0. The zero-order valence-corrected chi connectivity index (χ0v) is 32.2. The van der Waals surface area contributed by atoms with Crippen molar-refractivity contribution in [3.8, 4) is 11.5 Å². The minimum absolute atomic E-state index is 0.00222. The summed E-state index contributed by atoms with van der Waals surface area (Å²) >= 11 is 0. The molecule has 1 aliphatic heterocycles. The van der Waals surface area contributed by atoms with Crippen LogP contribution in [0.5, 0.6) is 11.5 Å². The van der Waals surface area contributed by atoms with Gasteiger partial charge in [-0.15, -0.1) is 0 Å². The van der Waals surface area contributed by atoms with E-state index in [1.54, 1.807) is 21.3 Å². The SMILES string of the molecule is C=C1O[C@H](c2ccc(OC)cc2)[C@@H](c2ccc(OC)cc2)O[C@@H]1[C@@H](CCC[C@@H](C)O[Si](c1ccccc1)(c1ccccc1)C(C)(C)C)OCOC. The van der Waals surface area contributed by atoms with Crippen LogP contribution in [-0.2, 0) is 23.4 Å². The fourth-order valence-corrected chi connectivity index (χ4v) is 11.8. The van der Waals surface area contributed by atoms with Crippen molar-refractivity contribution in [2.75, 3.05) is 28.1 Å². The second kappa shape index (κ2) is 17.5. The van der Waals surface area contributed by atoms with Gasteiger partial charge in [0.15, 0.2) is 6.10 Å². The van der Waals surface area contributed by atoms with E-state index in [0.29, 0.717) is 12.2 Å². The molecule has 0 saturated carbocycles. The van der Waals surface area contributed by atoms with Crippen molar-refractivity contribution in [1.82, 2.24) is 0 Å². The molecule has 0 N–H and O–H groups in total. The van der Waals surface area contributed by atoms with Gasteiger partial charge >= 0.3 is 0 Å². The number of rotatable bonds is 16. The largest absolute Gasteiger partial charge is 0.497 e. The Morgan fingerprint density at radius 2 is 1.22 bits per heavy atom. The maximum Gasteiger partial charge on any atom is 0.261 e. The molecule has 7 nitrogen and oxygen atoms in total. The lowest BCUT2D eigenvalue weighted by molar-refractivity contribution is -0.201. The van der Waals surface area contributed by atoms with Gasteiger partial charge in [0.05, 0.1) is 20.3 Å². The Morgan fingerprint density at radius 3 is 1.69 bits per heavy atom. The van der Waals surface area contributed by atoms with E-state index in [1.807, 2.05) is 48.5 Å². The first kappa shape index (κ1) is 38.3. The lowest BCUT2D eigenvalue weighted by Crippen LogP contribution is -2.67. The summed E-state index contributed by atoms with van der Waals surface area (Å²) in [6, 6.07) is 37.3. The third kappa shape index (κ3) is 8.94. The zero-order chi connectivity index (χ0) is 36.4. The lowest BCUT2D eigenvalue weighted by Gasteiger charge is -2.45. The van der Waals surface area contributed by atoms with Crippen LogP contribution in [0.4, 0.5) is 0 Å². The van der Waals surface area contributed by atoms with Gasteiger partial charge in [-0.05, 0) is 77.0 Å². The molecule has 1 fully saturated rings. The van der Waals surface area contributed by atoms with Crippen molar-refractivity contribution in [2.45, 2.75) is 82.5 Å². The molecule has 8 heteroatoms. The Bertz CT molecular complexity index is 1600. The van der Waals surface area contributed by atoms with Gasteiger partial charge < -0.3 is 32.8 Å². The monoisotopic (exact) mass is 710 g/mol. The standard InChI is InChI=1S/C43H54O7Si/c1-31(50-51(43(3,4)5,37-17-11-9-12-18-37)38-19-13-10-14-20-38)16-15-21-39(47-30-44-6)40-32(2)48-41(33-22-26-35(45-7)27-23-33)42(49-40)34-24-28-36(46-8)29-25-34/h9-14,17-20,22-29,31,39-42H,2,15-16,21,30H2,1,3-8H3/t31-,39-,40+,41-,42-/m1/s1. The Hall–Kier alpha value is -3.92. The molecule has 0 aliphatic carbocycles. The molecule has 51 heavy (non-hydrogen) atoms. The van der Waals surface area contributed by atoms with Gasteiger partial charge in [-0.25, -0.2) is 0 Å². The molecule has 0 amide bonds. The summed E-state index contributed by atoms with van der Waals surface area (Å²) < 4.78 is 43.5. The van der Waals surface area contributed by atoms with Crippen molar-refractivity contribution < 1.29 is 32.8 Å². The molecule has 1 saturated heterocycles. The highest BCUT2D eigenvalue weighted by atomic mass is 28.4. The van der Waals surface area contributed by atoms with Crippen LogP contribution in [0.3, 0.4) is 0 Å². The summed E-state index contributed by atoms with van der Waals surface area (Å²) in [5.74, 6) is 2.07. The average molecular weight is 711 g/mol. The minimum atomic E-state index is -2.68. The summed E-state index contributed by atoms with van der Waals surface area (Å²) in [5, 5.41) is 2.45. The smallest absolute Gasteiger partial charge is 0.261 e. The normalized spacial score (nSPS) is 19.2. The lowest BCUT2D eigenvalue weighted by atomic mass is 9.94. The van der Waals surface area contributed by atoms with Gasteiger partial charge in [-0.3, -0.25) is 0 Å². The number of hydrogen-bond donors (Lipinski definition) is 0. The van der Waals surface area contributed by atoms with Crippen LogP contribution in [0.2, 0.25) is 5.04 Å². The van der Waals surface area contributed by atoms with E-state index in [4.69, 9.17) is 32.8 Å². The van der Waals surface area contributed by atoms with E-state index in [9.17, 15) is 0 Å². The Morgan fingerprint density at radius 1 is 0.706 bits per heavy atom. The maximum absolute atomic E-state index is 7.36. The Balaban J connectivity index is 1.36. The first-order valence-corrected chi connectivity index (χ1v) is 19.7. The second-order valence-electron chi connectivity index (χ2n) is 14.2. The molecule has 0 radical (unpaired) electrons. The van der Waals surface area contributed by atoms with Crippen molar-refractivity contribution in [1.29, 1.82) is 0 Å². The third-order valence-corrected chi connectivity index (χ3v) is 14.8. The molecular weight excluding hydrogens is 657 g/mol. The van der Waals surface area contributed by atoms with E-state index in [0.717, 1.165) is 35.5 Å². The molecule has 4 aromatic carbocycles. The van der Waals surface area contributed by atoms with Crippen LogP contribution in [0.1, 0.15) is 70.3 Å². The molecule has 5 atom stereocenters. The van der Waals surface area contributed by atoms with Crippen LogP contribution in [-0.4, -0.2) is 54.8 Å². The molecule has 0 bridgehead atoms. The summed E-state index contributed by atoms with van der Waals surface area (Å²) in [6.45, 7) is 13.6. The quantitative estimate of drug-likeness (QED) is 0.0853. The molecule has 0 aromatic heterocycles. The second-order valence-corrected chi connectivity index (χ2v) is 18.4. The first-order valence-electron chi connectivity index (χ1n) is 17.8. The minimum Gasteiger partial charge on any atom is -0.497 e. The summed E-state index contributed by atoms with van der Waals surface area (Å²) in [7, 11) is 2.27. The van der Waals surface area contributed by atoms with Gasteiger partial charge in [-0.1, -0.05) is 112 Å². The van der Waals surface area contributed by atoms with Gasteiger partial charge in [0.2, 0.25) is 0 Å². The third-order valence-electron chi connectivity index (χ3n) is 9.68. The summed E-state index contributed by atoms with van der Waals surface area (Å²) in [6.07, 6.45) is 0.668. The van der Waals surface area contributed by atoms with Gasteiger partial charge in [-0.2, -0.15) is 0 Å². The highest BCUT2D eigenvalue weighted by molar-refractivity contribution is 6.99. The molecular formula is C43H54O7Si. The predicted molar refractivity (Wildman–Crippen MR) is 205 cm³/mol. The van der Waals surface area contributed by atoms with Crippen LogP contribution in [0.25, 0.3) is 0 Å². The van der Waals surface area contributed by atoms with E-state index < -0.39 is 26.6 Å². The predicted octanol–water partition coefficient (Wildman–Crippen LogP) is 8.54. The van der Waals surface area contributed by atoms with Crippen molar-refractivity contribution in [3.63, 3.8) is 0 Å². The highest BCUT2D eigenvalue weighted by Crippen LogP contribution is 2.45. The van der Waals surface area contributed by atoms with Crippen LogP contribution in [0.15, 0.2) is 122 Å². The molecule has 1 aliphatic rings. The fourth-order valence-electron chi connectivity index (χ4n) is 7.11. The number of methoxy groups -OCH3 is 3. The average Bonchev–Trinajstić information content (AvgIpc) is 3.15. The van der Waals surface area contributed by atoms with E-state index >= 15 is 0 Å². The van der Waals surface area contributed by atoms with Crippen molar-refractivity contribution >= 4 is 18.7 Å². The maximum atomic E-state index is 7.36.